The topological polar surface area (TPSA) is 22.1 Å². The average Bonchev–Trinajstić information content (AvgIpc) is 2.03. The van der Waals surface area contributed by atoms with E-state index in [-0.39, 0.29) is 5.41 Å². The molecule has 0 fully saturated rings. The Hall–Kier alpha value is -1.05. The Labute approximate surface area is 73.6 Å². The van der Waals surface area contributed by atoms with Gasteiger partial charge in [0.1, 0.15) is 5.75 Å². The highest BCUT2D eigenvalue weighted by Crippen LogP contribution is 2.28. The Morgan fingerprint density at radius 3 is 2.42 bits per heavy atom. The van der Waals surface area contributed by atoms with Crippen LogP contribution >= 0.6 is 0 Å². The molecule has 0 aromatic carbocycles. The molecule has 0 spiro atoms. The van der Waals surface area contributed by atoms with E-state index in [2.05, 4.69) is 25.8 Å². The summed E-state index contributed by atoms with van der Waals surface area (Å²) in [6.45, 7) is 6.37. The Morgan fingerprint density at radius 2 is 2.00 bits per heavy atom. The van der Waals surface area contributed by atoms with Gasteiger partial charge in [-0.25, -0.2) is 0 Å². The fraction of sp³-hybridized carbons (Fsp3) is 0.500. The lowest BCUT2D eigenvalue weighted by Gasteiger charge is -2.19. The van der Waals surface area contributed by atoms with Gasteiger partial charge in [-0.3, -0.25) is 4.98 Å². The van der Waals surface area contributed by atoms with Crippen LogP contribution in [0.25, 0.3) is 0 Å². The van der Waals surface area contributed by atoms with E-state index >= 15 is 0 Å². The van der Waals surface area contributed by atoms with Gasteiger partial charge in [0, 0.05) is 11.6 Å². The molecule has 0 radical (unpaired) electrons. The summed E-state index contributed by atoms with van der Waals surface area (Å²) in [7, 11) is 1.67. The lowest BCUT2D eigenvalue weighted by atomic mass is 9.91. The molecule has 0 bridgehead atoms. The summed E-state index contributed by atoms with van der Waals surface area (Å²) in [6.07, 6.45) is 1.79. The van der Waals surface area contributed by atoms with Gasteiger partial charge in [0.2, 0.25) is 0 Å². The lowest BCUT2D eigenvalue weighted by Crippen LogP contribution is -2.14. The minimum atomic E-state index is 0.0482. The predicted octanol–water partition coefficient (Wildman–Crippen LogP) is 2.39. The van der Waals surface area contributed by atoms with Gasteiger partial charge < -0.3 is 4.74 Å². The second kappa shape index (κ2) is 3.13. The number of nitrogens with zero attached hydrogens (tertiary/aromatic N) is 1. The molecule has 1 aromatic heterocycles. The van der Waals surface area contributed by atoms with E-state index in [0.29, 0.717) is 0 Å². The van der Waals surface area contributed by atoms with Gasteiger partial charge in [0.05, 0.1) is 12.8 Å². The first-order valence-electron chi connectivity index (χ1n) is 4.05. The fourth-order valence-electron chi connectivity index (χ4n) is 1.12. The molecule has 12 heavy (non-hydrogen) atoms. The Kier molecular flexibility index (Phi) is 2.36. The van der Waals surface area contributed by atoms with E-state index in [1.54, 1.807) is 13.3 Å². The molecule has 0 aliphatic rings. The first kappa shape index (κ1) is 9.04. The third-order valence-electron chi connectivity index (χ3n) is 1.70. The van der Waals surface area contributed by atoms with Crippen molar-refractivity contribution in [1.82, 2.24) is 4.98 Å². The zero-order chi connectivity index (χ0) is 9.19. The van der Waals surface area contributed by atoms with Crippen molar-refractivity contribution >= 4 is 0 Å². The molecule has 0 aliphatic carbocycles. The molecule has 1 heterocycles. The van der Waals surface area contributed by atoms with Gasteiger partial charge in [0.25, 0.3) is 0 Å². The van der Waals surface area contributed by atoms with Crippen LogP contribution in [-0.4, -0.2) is 12.1 Å². The van der Waals surface area contributed by atoms with Crippen molar-refractivity contribution in [3.63, 3.8) is 0 Å². The van der Waals surface area contributed by atoms with Crippen LogP contribution in [0.5, 0.6) is 5.75 Å². The van der Waals surface area contributed by atoms with Crippen LogP contribution in [0.2, 0.25) is 0 Å². The maximum absolute atomic E-state index is 5.21. The summed E-state index contributed by atoms with van der Waals surface area (Å²) >= 11 is 0. The van der Waals surface area contributed by atoms with Crippen molar-refractivity contribution in [2.45, 2.75) is 26.2 Å². The normalized spacial score (nSPS) is 11.3. The van der Waals surface area contributed by atoms with Crippen LogP contribution in [0.3, 0.4) is 0 Å². The summed E-state index contributed by atoms with van der Waals surface area (Å²) in [4.78, 5) is 4.30. The minimum Gasteiger partial charge on any atom is -0.495 e. The number of hydrogen-bond donors (Lipinski definition) is 0. The minimum absolute atomic E-state index is 0.0482. The Morgan fingerprint density at radius 1 is 1.33 bits per heavy atom. The first-order chi connectivity index (χ1) is 5.55. The van der Waals surface area contributed by atoms with Crippen LogP contribution in [0, 0.1) is 0 Å². The predicted molar refractivity (Wildman–Crippen MR) is 49.5 cm³/mol. The molecule has 1 rings (SSSR count). The van der Waals surface area contributed by atoms with Crippen LogP contribution < -0.4 is 4.74 Å². The summed E-state index contributed by atoms with van der Waals surface area (Å²) < 4.78 is 5.21. The number of rotatable bonds is 1. The molecular formula is C10H15NO. The summed E-state index contributed by atoms with van der Waals surface area (Å²) in [5.74, 6) is 0.866. The van der Waals surface area contributed by atoms with Crippen LogP contribution in [0.1, 0.15) is 26.5 Å². The van der Waals surface area contributed by atoms with Crippen LogP contribution in [-0.2, 0) is 5.41 Å². The van der Waals surface area contributed by atoms with E-state index in [4.69, 9.17) is 4.74 Å². The van der Waals surface area contributed by atoms with Crippen LogP contribution in [0.4, 0.5) is 0 Å². The standard InChI is InChI=1S/C10H15NO/c1-10(2,3)9-8(12-4)6-5-7-11-9/h5-7H,1-4H3. The number of hydrogen-bond acceptors (Lipinski definition) is 2. The molecule has 2 nitrogen and oxygen atoms in total. The molecule has 2 heteroatoms. The van der Waals surface area contributed by atoms with E-state index in [1.807, 2.05) is 12.1 Å². The highest BCUT2D eigenvalue weighted by atomic mass is 16.5. The Bertz CT molecular complexity index is 263. The lowest BCUT2D eigenvalue weighted by molar-refractivity contribution is 0.392. The number of ether oxygens (including phenoxy) is 1. The van der Waals surface area contributed by atoms with Crippen LogP contribution in [0.15, 0.2) is 18.3 Å². The van der Waals surface area contributed by atoms with Gasteiger partial charge in [0.15, 0.2) is 0 Å². The molecule has 1 aromatic rings. The summed E-state index contributed by atoms with van der Waals surface area (Å²) in [5, 5.41) is 0. The van der Waals surface area contributed by atoms with Gasteiger partial charge in [-0.15, -0.1) is 0 Å². The second-order valence-electron chi connectivity index (χ2n) is 3.80. The molecule has 0 amide bonds. The number of aromatic nitrogens is 1. The maximum Gasteiger partial charge on any atom is 0.140 e. The highest BCUT2D eigenvalue weighted by Gasteiger charge is 2.19. The van der Waals surface area contributed by atoms with E-state index in [1.165, 1.54) is 0 Å². The second-order valence-corrected chi connectivity index (χ2v) is 3.80. The molecule has 66 valence electrons. The monoisotopic (exact) mass is 165 g/mol. The van der Waals surface area contributed by atoms with Crippen molar-refractivity contribution in [1.29, 1.82) is 0 Å². The smallest absolute Gasteiger partial charge is 0.140 e. The molecule has 0 atom stereocenters. The summed E-state index contributed by atoms with van der Waals surface area (Å²) in [6, 6.07) is 3.82. The first-order valence-corrected chi connectivity index (χ1v) is 4.05. The molecule has 0 saturated heterocycles. The average molecular weight is 165 g/mol. The highest BCUT2D eigenvalue weighted by molar-refractivity contribution is 5.31. The van der Waals surface area contributed by atoms with E-state index < -0.39 is 0 Å². The molecule has 0 saturated carbocycles. The van der Waals surface area contributed by atoms with Gasteiger partial charge in [-0.2, -0.15) is 0 Å². The summed E-state index contributed by atoms with van der Waals surface area (Å²) in [5.41, 5.74) is 1.06. The molecule has 0 aliphatic heterocycles. The largest absolute Gasteiger partial charge is 0.495 e. The van der Waals surface area contributed by atoms with Crippen molar-refractivity contribution < 1.29 is 4.74 Å². The van der Waals surface area contributed by atoms with Gasteiger partial charge >= 0.3 is 0 Å². The van der Waals surface area contributed by atoms with Gasteiger partial charge in [-0.05, 0) is 12.1 Å². The van der Waals surface area contributed by atoms with Crippen molar-refractivity contribution in [3.05, 3.63) is 24.0 Å². The third kappa shape index (κ3) is 1.76. The maximum atomic E-state index is 5.21. The molecular weight excluding hydrogens is 150 g/mol. The van der Waals surface area contributed by atoms with E-state index in [9.17, 15) is 0 Å². The number of pyridine rings is 1. The third-order valence-corrected chi connectivity index (χ3v) is 1.70. The fourth-order valence-corrected chi connectivity index (χ4v) is 1.12. The zero-order valence-electron chi connectivity index (χ0n) is 8.09. The molecule has 0 N–H and O–H groups in total. The van der Waals surface area contributed by atoms with E-state index in [0.717, 1.165) is 11.4 Å². The SMILES string of the molecule is COc1cccnc1C(C)(C)C. The number of methoxy groups -OCH3 is 1. The van der Waals surface area contributed by atoms with Crippen molar-refractivity contribution in [3.8, 4) is 5.75 Å². The van der Waals surface area contributed by atoms with Crippen molar-refractivity contribution in [2.24, 2.45) is 0 Å². The van der Waals surface area contributed by atoms with Gasteiger partial charge in [-0.1, -0.05) is 20.8 Å². The molecule has 0 unspecified atom stereocenters. The quantitative estimate of drug-likeness (QED) is 0.637. The van der Waals surface area contributed by atoms with Crippen molar-refractivity contribution in [2.75, 3.05) is 7.11 Å². The Balaban J connectivity index is 3.14. The zero-order valence-corrected chi connectivity index (χ0v) is 8.09.